The molecule has 3 heterocycles. The number of para-hydroxylation sites is 1. The maximum Gasteiger partial charge on any atom is 0.340 e. The molecule has 1 amide bonds. The van der Waals surface area contributed by atoms with Gasteiger partial charge in [0, 0.05) is 31.4 Å². The second kappa shape index (κ2) is 7.84. The molecular formula is C20H19N3O3S. The van der Waals surface area contributed by atoms with E-state index in [4.69, 9.17) is 9.72 Å². The van der Waals surface area contributed by atoms with E-state index in [1.54, 1.807) is 34.6 Å². The second-order valence-electron chi connectivity index (χ2n) is 6.52. The molecule has 1 aliphatic heterocycles. The van der Waals surface area contributed by atoms with Gasteiger partial charge in [0.05, 0.1) is 20.8 Å². The van der Waals surface area contributed by atoms with Crippen LogP contribution in [0.3, 0.4) is 0 Å². The fourth-order valence-electron chi connectivity index (χ4n) is 3.26. The molecule has 1 atom stereocenters. The van der Waals surface area contributed by atoms with Gasteiger partial charge < -0.3 is 9.64 Å². The van der Waals surface area contributed by atoms with Gasteiger partial charge in [0.25, 0.3) is 5.91 Å². The number of thiazole rings is 1. The van der Waals surface area contributed by atoms with E-state index in [-0.39, 0.29) is 18.4 Å². The summed E-state index contributed by atoms with van der Waals surface area (Å²) in [6, 6.07) is 11.4. The Balaban J connectivity index is 1.37. The molecule has 0 spiro atoms. The van der Waals surface area contributed by atoms with E-state index in [0.717, 1.165) is 23.4 Å². The zero-order chi connectivity index (χ0) is 18.6. The summed E-state index contributed by atoms with van der Waals surface area (Å²) in [6.07, 6.45) is 4.94. The van der Waals surface area contributed by atoms with Crippen LogP contribution in [0.4, 0.5) is 0 Å². The summed E-state index contributed by atoms with van der Waals surface area (Å²) in [7, 11) is 0. The van der Waals surface area contributed by atoms with Crippen LogP contribution in [-0.2, 0) is 9.53 Å². The molecule has 1 aromatic carbocycles. The first-order valence-electron chi connectivity index (χ1n) is 8.91. The van der Waals surface area contributed by atoms with Crippen LogP contribution in [0.25, 0.3) is 10.2 Å². The normalized spacial score (nSPS) is 17.0. The molecule has 0 N–H and O–H groups in total. The predicted molar refractivity (Wildman–Crippen MR) is 103 cm³/mol. The van der Waals surface area contributed by atoms with Crippen molar-refractivity contribution in [2.24, 2.45) is 0 Å². The molecule has 27 heavy (non-hydrogen) atoms. The number of aromatic nitrogens is 2. The van der Waals surface area contributed by atoms with Crippen molar-refractivity contribution >= 4 is 33.4 Å². The number of fused-ring (bicyclic) bond motifs is 1. The van der Waals surface area contributed by atoms with Crippen molar-refractivity contribution < 1.29 is 14.3 Å². The van der Waals surface area contributed by atoms with Crippen LogP contribution < -0.4 is 0 Å². The maximum atomic E-state index is 12.5. The molecule has 2 aromatic heterocycles. The lowest BCUT2D eigenvalue weighted by molar-refractivity contribution is -0.135. The van der Waals surface area contributed by atoms with E-state index in [1.807, 2.05) is 18.2 Å². The van der Waals surface area contributed by atoms with Gasteiger partial charge in [-0.3, -0.25) is 9.78 Å². The number of benzene rings is 1. The first-order valence-corrected chi connectivity index (χ1v) is 9.73. The summed E-state index contributed by atoms with van der Waals surface area (Å²) in [4.78, 5) is 34.9. The lowest BCUT2D eigenvalue weighted by Gasteiger charge is -2.31. The molecule has 0 radical (unpaired) electrons. The van der Waals surface area contributed by atoms with Gasteiger partial charge in [-0.25, -0.2) is 9.78 Å². The van der Waals surface area contributed by atoms with Crippen LogP contribution in [0.1, 0.15) is 34.1 Å². The van der Waals surface area contributed by atoms with Crippen LogP contribution in [0.15, 0.2) is 48.8 Å². The molecule has 0 saturated carbocycles. The Hall–Kier alpha value is -2.80. The van der Waals surface area contributed by atoms with E-state index in [9.17, 15) is 9.59 Å². The molecule has 138 valence electrons. The molecule has 1 saturated heterocycles. The number of rotatable bonds is 4. The third kappa shape index (κ3) is 3.98. The summed E-state index contributed by atoms with van der Waals surface area (Å²) < 4.78 is 6.32. The average Bonchev–Trinajstić information content (AvgIpc) is 3.17. The minimum absolute atomic E-state index is 0.168. The van der Waals surface area contributed by atoms with Crippen molar-refractivity contribution in [2.75, 3.05) is 19.7 Å². The zero-order valence-electron chi connectivity index (χ0n) is 14.7. The number of carbonyl (C=O) groups is 2. The highest BCUT2D eigenvalue weighted by atomic mass is 32.1. The standard InChI is InChI=1S/C20H19N3O3S/c24-18(13-26-20(25)14-5-3-9-21-11-14)23-10-4-6-15(12-23)19-22-16-7-1-2-8-17(16)27-19/h1-3,5,7-9,11,15H,4,6,10,12-13H2/t15-/m0/s1. The molecule has 0 unspecified atom stereocenters. The third-order valence-corrected chi connectivity index (χ3v) is 5.86. The van der Waals surface area contributed by atoms with Crippen molar-refractivity contribution in [2.45, 2.75) is 18.8 Å². The van der Waals surface area contributed by atoms with Gasteiger partial charge in [-0.1, -0.05) is 12.1 Å². The van der Waals surface area contributed by atoms with E-state index in [2.05, 4.69) is 11.1 Å². The summed E-state index contributed by atoms with van der Waals surface area (Å²) in [5, 5.41) is 1.07. The molecule has 0 bridgehead atoms. The number of pyridine rings is 1. The van der Waals surface area contributed by atoms with Gasteiger partial charge in [0.15, 0.2) is 6.61 Å². The lowest BCUT2D eigenvalue weighted by Crippen LogP contribution is -2.41. The van der Waals surface area contributed by atoms with Crippen LogP contribution >= 0.6 is 11.3 Å². The van der Waals surface area contributed by atoms with Crippen molar-refractivity contribution in [1.29, 1.82) is 0 Å². The Morgan fingerprint density at radius 2 is 2.11 bits per heavy atom. The van der Waals surface area contributed by atoms with E-state index >= 15 is 0 Å². The third-order valence-electron chi connectivity index (χ3n) is 4.66. The highest BCUT2D eigenvalue weighted by Crippen LogP contribution is 2.32. The van der Waals surface area contributed by atoms with Crippen molar-refractivity contribution in [1.82, 2.24) is 14.9 Å². The van der Waals surface area contributed by atoms with Crippen molar-refractivity contribution in [3.05, 3.63) is 59.4 Å². The quantitative estimate of drug-likeness (QED) is 0.649. The molecule has 3 aromatic rings. The average molecular weight is 381 g/mol. The molecule has 1 fully saturated rings. The number of hydrogen-bond donors (Lipinski definition) is 0. The number of carbonyl (C=O) groups excluding carboxylic acids is 2. The Morgan fingerprint density at radius 3 is 2.93 bits per heavy atom. The summed E-state index contributed by atoms with van der Waals surface area (Å²) in [5.74, 6) is -0.469. The number of likely N-dealkylation sites (tertiary alicyclic amines) is 1. The van der Waals surface area contributed by atoms with Gasteiger partial charge in [0.1, 0.15) is 0 Å². The maximum absolute atomic E-state index is 12.5. The van der Waals surface area contributed by atoms with Gasteiger partial charge in [-0.2, -0.15) is 0 Å². The molecule has 4 rings (SSSR count). The summed E-state index contributed by atoms with van der Waals surface area (Å²) in [5.41, 5.74) is 1.35. The number of esters is 1. The Labute approximate surface area is 160 Å². The topological polar surface area (TPSA) is 72.4 Å². The molecule has 0 aliphatic carbocycles. The number of amides is 1. The minimum Gasteiger partial charge on any atom is -0.452 e. The SMILES string of the molecule is O=C(OCC(=O)N1CCC[C@H](c2nc3ccccc3s2)C1)c1cccnc1. The Kier molecular flexibility index (Phi) is 5.11. The molecule has 6 nitrogen and oxygen atoms in total. The van der Waals surface area contributed by atoms with Crippen molar-refractivity contribution in [3.63, 3.8) is 0 Å². The summed E-state index contributed by atoms with van der Waals surface area (Å²) >= 11 is 1.69. The number of hydrogen-bond acceptors (Lipinski definition) is 6. The van der Waals surface area contributed by atoms with Crippen LogP contribution in [0.5, 0.6) is 0 Å². The van der Waals surface area contributed by atoms with E-state index < -0.39 is 5.97 Å². The fourth-order valence-corrected chi connectivity index (χ4v) is 4.35. The van der Waals surface area contributed by atoms with E-state index in [1.165, 1.54) is 10.9 Å². The van der Waals surface area contributed by atoms with Gasteiger partial charge >= 0.3 is 5.97 Å². The molecular weight excluding hydrogens is 362 g/mol. The number of nitrogens with zero attached hydrogens (tertiary/aromatic N) is 3. The summed E-state index contributed by atoms with van der Waals surface area (Å²) in [6.45, 7) is 1.05. The largest absolute Gasteiger partial charge is 0.452 e. The van der Waals surface area contributed by atoms with Gasteiger partial charge in [-0.15, -0.1) is 11.3 Å². The smallest absolute Gasteiger partial charge is 0.340 e. The van der Waals surface area contributed by atoms with Gasteiger partial charge in [-0.05, 0) is 37.1 Å². The molecule has 7 heteroatoms. The number of ether oxygens (including phenoxy) is 1. The first kappa shape index (κ1) is 17.6. The van der Waals surface area contributed by atoms with E-state index in [0.29, 0.717) is 18.7 Å². The van der Waals surface area contributed by atoms with Crippen molar-refractivity contribution in [3.8, 4) is 0 Å². The Bertz CT molecular complexity index is 924. The highest BCUT2D eigenvalue weighted by molar-refractivity contribution is 7.18. The van der Waals surface area contributed by atoms with Crippen LogP contribution in [0.2, 0.25) is 0 Å². The minimum atomic E-state index is -0.531. The highest BCUT2D eigenvalue weighted by Gasteiger charge is 2.27. The monoisotopic (exact) mass is 381 g/mol. The number of piperidine rings is 1. The second-order valence-corrected chi connectivity index (χ2v) is 7.58. The Morgan fingerprint density at radius 1 is 1.22 bits per heavy atom. The predicted octanol–water partition coefficient (Wildman–Crippen LogP) is 3.25. The molecule has 1 aliphatic rings. The zero-order valence-corrected chi connectivity index (χ0v) is 15.5. The van der Waals surface area contributed by atoms with Crippen LogP contribution in [0, 0.1) is 0 Å². The first-order chi connectivity index (χ1) is 13.2. The fraction of sp³-hybridized carbons (Fsp3) is 0.300. The lowest BCUT2D eigenvalue weighted by atomic mass is 9.99. The van der Waals surface area contributed by atoms with Crippen LogP contribution in [-0.4, -0.2) is 46.4 Å². The van der Waals surface area contributed by atoms with Gasteiger partial charge in [0.2, 0.25) is 0 Å².